The lowest BCUT2D eigenvalue weighted by atomic mass is 9.93. The van der Waals surface area contributed by atoms with Gasteiger partial charge in [0, 0.05) is 25.7 Å². The average molecular weight is 317 g/mol. The molecule has 2 aromatic rings. The van der Waals surface area contributed by atoms with E-state index in [2.05, 4.69) is 85.0 Å². The van der Waals surface area contributed by atoms with Gasteiger partial charge in [0.25, 0.3) is 0 Å². The highest BCUT2D eigenvalue weighted by Crippen LogP contribution is 2.32. The average Bonchev–Trinajstić information content (AvgIpc) is 3.07. The van der Waals surface area contributed by atoms with Crippen LogP contribution in [0.25, 0.3) is 0 Å². The van der Waals surface area contributed by atoms with Crippen LogP contribution in [0.15, 0.2) is 77.6 Å². The standard InChI is InChI=1S/C21H23N3/c1-16-9-4-7-13-20(16)23-22-15-17-10-5-6-11-18(17)19-12-8-14-21(19)24(2)3/h4-15,19,23H,1-3H3. The molecule has 1 aliphatic rings. The lowest BCUT2D eigenvalue weighted by Crippen LogP contribution is -2.16. The van der Waals surface area contributed by atoms with E-state index in [0.29, 0.717) is 0 Å². The second-order valence-corrected chi connectivity index (χ2v) is 6.16. The number of allylic oxidation sites excluding steroid dienone is 3. The molecule has 0 spiro atoms. The SMILES string of the molecule is Cc1ccccc1NN=Cc1ccccc1C1C=CC=C1N(C)C. The first-order valence-corrected chi connectivity index (χ1v) is 8.16. The van der Waals surface area contributed by atoms with E-state index in [9.17, 15) is 0 Å². The van der Waals surface area contributed by atoms with Crippen LogP contribution in [0.4, 0.5) is 5.69 Å². The lowest BCUT2D eigenvalue weighted by molar-refractivity contribution is 0.487. The Labute approximate surface area is 144 Å². The zero-order chi connectivity index (χ0) is 16.9. The van der Waals surface area contributed by atoms with Crippen molar-refractivity contribution in [1.82, 2.24) is 4.90 Å². The first kappa shape index (κ1) is 16.1. The molecule has 3 rings (SSSR count). The van der Waals surface area contributed by atoms with Crippen molar-refractivity contribution in [3.05, 3.63) is 89.1 Å². The Bertz CT molecular complexity index is 800. The van der Waals surface area contributed by atoms with Gasteiger partial charge in [-0.3, -0.25) is 5.43 Å². The smallest absolute Gasteiger partial charge is 0.0590 e. The Hall–Kier alpha value is -2.81. The summed E-state index contributed by atoms with van der Waals surface area (Å²) in [7, 11) is 4.17. The maximum Gasteiger partial charge on any atom is 0.0590 e. The minimum Gasteiger partial charge on any atom is -0.380 e. The predicted octanol–water partition coefficient (Wildman–Crippen LogP) is 4.54. The molecule has 2 aromatic carbocycles. The van der Waals surface area contributed by atoms with Crippen LogP contribution < -0.4 is 5.43 Å². The fraction of sp³-hybridized carbons (Fsp3) is 0.190. The minimum absolute atomic E-state index is 0.279. The maximum absolute atomic E-state index is 4.44. The largest absolute Gasteiger partial charge is 0.380 e. The molecule has 0 radical (unpaired) electrons. The van der Waals surface area contributed by atoms with E-state index >= 15 is 0 Å². The third kappa shape index (κ3) is 3.40. The van der Waals surface area contributed by atoms with Gasteiger partial charge in [-0.25, -0.2) is 0 Å². The summed E-state index contributed by atoms with van der Waals surface area (Å²) in [5, 5.41) is 4.44. The van der Waals surface area contributed by atoms with Crippen LogP contribution in [0.5, 0.6) is 0 Å². The minimum atomic E-state index is 0.279. The number of hydrazone groups is 1. The molecule has 3 heteroatoms. The predicted molar refractivity (Wildman–Crippen MR) is 102 cm³/mol. The normalized spacial score (nSPS) is 16.5. The number of nitrogens with one attached hydrogen (secondary N) is 1. The molecule has 3 nitrogen and oxygen atoms in total. The number of rotatable bonds is 5. The van der Waals surface area contributed by atoms with E-state index in [1.807, 2.05) is 24.4 Å². The van der Waals surface area contributed by atoms with E-state index in [0.717, 1.165) is 11.3 Å². The van der Waals surface area contributed by atoms with Crippen molar-refractivity contribution < 1.29 is 0 Å². The summed E-state index contributed by atoms with van der Waals surface area (Å²) in [6, 6.07) is 16.6. The topological polar surface area (TPSA) is 27.6 Å². The van der Waals surface area contributed by atoms with Gasteiger partial charge in [-0.05, 0) is 35.8 Å². The molecule has 0 bridgehead atoms. The lowest BCUT2D eigenvalue weighted by Gasteiger charge is -2.23. The van der Waals surface area contributed by atoms with Crippen molar-refractivity contribution in [2.45, 2.75) is 12.8 Å². The van der Waals surface area contributed by atoms with Gasteiger partial charge in [0.05, 0.1) is 11.9 Å². The highest BCUT2D eigenvalue weighted by atomic mass is 15.3. The van der Waals surface area contributed by atoms with E-state index in [4.69, 9.17) is 0 Å². The molecule has 0 amide bonds. The van der Waals surface area contributed by atoms with E-state index in [1.165, 1.54) is 16.8 Å². The maximum atomic E-state index is 4.44. The van der Waals surface area contributed by atoms with Crippen LogP contribution in [-0.2, 0) is 0 Å². The number of anilines is 1. The fourth-order valence-electron chi connectivity index (χ4n) is 2.94. The molecule has 0 saturated heterocycles. The molecule has 1 N–H and O–H groups in total. The first-order valence-electron chi connectivity index (χ1n) is 8.16. The number of para-hydroxylation sites is 1. The van der Waals surface area contributed by atoms with Crippen LogP contribution >= 0.6 is 0 Å². The van der Waals surface area contributed by atoms with Crippen LogP contribution in [0.3, 0.4) is 0 Å². The molecule has 0 aromatic heterocycles. The van der Waals surface area contributed by atoms with Crippen molar-refractivity contribution in [1.29, 1.82) is 0 Å². The number of hydrogen-bond donors (Lipinski definition) is 1. The van der Waals surface area contributed by atoms with Crippen molar-refractivity contribution in [3.63, 3.8) is 0 Å². The van der Waals surface area contributed by atoms with Gasteiger partial charge in [-0.15, -0.1) is 0 Å². The number of benzene rings is 2. The Balaban J connectivity index is 1.83. The van der Waals surface area contributed by atoms with Crippen molar-refractivity contribution in [2.24, 2.45) is 5.10 Å². The number of aryl methyl sites for hydroxylation is 1. The fourth-order valence-corrected chi connectivity index (χ4v) is 2.94. The molecule has 0 heterocycles. The zero-order valence-corrected chi connectivity index (χ0v) is 14.4. The monoisotopic (exact) mass is 317 g/mol. The highest BCUT2D eigenvalue weighted by Gasteiger charge is 2.20. The van der Waals surface area contributed by atoms with Gasteiger partial charge in [0.2, 0.25) is 0 Å². The van der Waals surface area contributed by atoms with Crippen molar-refractivity contribution in [2.75, 3.05) is 19.5 Å². The van der Waals surface area contributed by atoms with Gasteiger partial charge >= 0.3 is 0 Å². The Morgan fingerprint density at radius 3 is 2.58 bits per heavy atom. The third-order valence-corrected chi connectivity index (χ3v) is 4.27. The molecular formula is C21H23N3. The number of likely N-dealkylation sites (N-methyl/N-ethyl adjacent to an activating group) is 1. The van der Waals surface area contributed by atoms with Gasteiger partial charge in [-0.1, -0.05) is 54.6 Å². The molecule has 1 unspecified atom stereocenters. The summed E-state index contributed by atoms with van der Waals surface area (Å²) in [6.07, 6.45) is 8.43. The number of hydrogen-bond acceptors (Lipinski definition) is 3. The van der Waals surface area contributed by atoms with Gasteiger partial charge < -0.3 is 4.90 Å². The van der Waals surface area contributed by atoms with E-state index in [1.54, 1.807) is 0 Å². The second-order valence-electron chi connectivity index (χ2n) is 6.16. The van der Waals surface area contributed by atoms with Crippen LogP contribution in [0.2, 0.25) is 0 Å². The van der Waals surface area contributed by atoms with Crippen molar-refractivity contribution in [3.8, 4) is 0 Å². The molecule has 0 aliphatic heterocycles. The Morgan fingerprint density at radius 1 is 1.04 bits per heavy atom. The molecule has 0 fully saturated rings. The van der Waals surface area contributed by atoms with Gasteiger partial charge in [0.15, 0.2) is 0 Å². The van der Waals surface area contributed by atoms with Crippen LogP contribution in [-0.4, -0.2) is 25.2 Å². The molecular weight excluding hydrogens is 294 g/mol. The number of nitrogens with zero attached hydrogens (tertiary/aromatic N) is 2. The second kappa shape index (κ2) is 7.18. The molecule has 1 atom stereocenters. The van der Waals surface area contributed by atoms with Gasteiger partial charge in [-0.2, -0.15) is 5.10 Å². The third-order valence-electron chi connectivity index (χ3n) is 4.27. The summed E-state index contributed by atoms with van der Waals surface area (Å²) < 4.78 is 0. The summed E-state index contributed by atoms with van der Waals surface area (Å²) >= 11 is 0. The molecule has 24 heavy (non-hydrogen) atoms. The molecule has 0 saturated carbocycles. The Morgan fingerprint density at radius 2 is 1.79 bits per heavy atom. The molecule has 1 aliphatic carbocycles. The quantitative estimate of drug-likeness (QED) is 0.647. The van der Waals surface area contributed by atoms with Gasteiger partial charge in [0.1, 0.15) is 0 Å². The zero-order valence-electron chi connectivity index (χ0n) is 14.4. The summed E-state index contributed by atoms with van der Waals surface area (Å²) in [5.41, 5.74) is 9.04. The summed E-state index contributed by atoms with van der Waals surface area (Å²) in [5.74, 6) is 0.279. The Kier molecular flexibility index (Phi) is 4.80. The molecule has 122 valence electrons. The first-order chi connectivity index (χ1) is 11.7. The summed E-state index contributed by atoms with van der Waals surface area (Å²) in [6.45, 7) is 2.07. The van der Waals surface area contributed by atoms with E-state index < -0.39 is 0 Å². The highest BCUT2D eigenvalue weighted by molar-refractivity contribution is 5.83. The van der Waals surface area contributed by atoms with Crippen molar-refractivity contribution >= 4 is 11.9 Å². The van der Waals surface area contributed by atoms with Crippen LogP contribution in [0, 0.1) is 6.92 Å². The summed E-state index contributed by atoms with van der Waals surface area (Å²) in [4.78, 5) is 2.17. The van der Waals surface area contributed by atoms with E-state index in [-0.39, 0.29) is 5.92 Å². The van der Waals surface area contributed by atoms with Crippen LogP contribution in [0.1, 0.15) is 22.6 Å².